The molecule has 0 fully saturated rings. The first-order chi connectivity index (χ1) is 8.05. The lowest BCUT2D eigenvalue weighted by molar-refractivity contribution is 0.370. The van der Waals surface area contributed by atoms with E-state index in [0.717, 1.165) is 24.4 Å². The van der Waals surface area contributed by atoms with Gasteiger partial charge in [0.25, 0.3) is 0 Å². The number of ether oxygens (including phenoxy) is 1. The van der Waals surface area contributed by atoms with Crippen LogP contribution in [0.15, 0.2) is 23.2 Å². The summed E-state index contributed by atoms with van der Waals surface area (Å²) >= 11 is 0. The minimum atomic E-state index is 0.0359. The molecule has 92 valence electrons. The third kappa shape index (κ3) is 2.34. The topological polar surface area (TPSA) is 24.8 Å². The first-order valence-corrected chi connectivity index (χ1v) is 5.94. The molecule has 0 saturated heterocycles. The molecule has 1 unspecified atom stereocenters. The lowest BCUT2D eigenvalue weighted by Gasteiger charge is -2.24. The number of hydrogen-bond donors (Lipinski definition) is 0. The minimum absolute atomic E-state index is 0.0359. The monoisotopic (exact) mass is 232 g/mol. The number of rotatable bonds is 4. The Morgan fingerprint density at radius 2 is 2.12 bits per heavy atom. The van der Waals surface area contributed by atoms with E-state index in [1.54, 1.807) is 7.11 Å². The Bertz CT molecular complexity index is 440. The Labute approximate surface area is 103 Å². The fraction of sp³-hybridized carbons (Fsp3) is 0.500. The Morgan fingerprint density at radius 3 is 2.76 bits per heavy atom. The van der Waals surface area contributed by atoms with Crippen LogP contribution in [0, 0.1) is 0 Å². The van der Waals surface area contributed by atoms with E-state index >= 15 is 0 Å². The Balaban J connectivity index is 2.27. The average molecular weight is 232 g/mol. The zero-order valence-electron chi connectivity index (χ0n) is 11.0. The standard InChI is InChI=1S/C14H20N2O/c1-14(7-8-16(2)3)10-15-13-6-5-11(17-4)9-12(13)14/h5-6,9-10H,7-8H2,1-4H3. The highest BCUT2D eigenvalue weighted by Gasteiger charge is 2.31. The third-order valence-electron chi connectivity index (χ3n) is 3.39. The van der Waals surface area contributed by atoms with Crippen LogP contribution in [0.4, 0.5) is 5.69 Å². The van der Waals surface area contributed by atoms with Crippen molar-refractivity contribution in [3.05, 3.63) is 23.8 Å². The average Bonchev–Trinajstić information content (AvgIpc) is 2.65. The summed E-state index contributed by atoms with van der Waals surface area (Å²) in [6.07, 6.45) is 3.14. The van der Waals surface area contributed by atoms with E-state index in [2.05, 4.69) is 43.2 Å². The largest absolute Gasteiger partial charge is 0.497 e. The van der Waals surface area contributed by atoms with Crippen molar-refractivity contribution in [1.29, 1.82) is 0 Å². The first-order valence-electron chi connectivity index (χ1n) is 5.94. The molecular weight excluding hydrogens is 212 g/mol. The van der Waals surface area contributed by atoms with Crippen molar-refractivity contribution in [3.63, 3.8) is 0 Å². The summed E-state index contributed by atoms with van der Waals surface area (Å²) in [5.41, 5.74) is 2.39. The normalized spacial score (nSPS) is 21.9. The molecule has 0 aromatic heterocycles. The number of aliphatic imine (C=N–C) groups is 1. The number of hydrogen-bond acceptors (Lipinski definition) is 3. The van der Waals surface area contributed by atoms with Crippen LogP contribution in [-0.2, 0) is 5.41 Å². The zero-order valence-corrected chi connectivity index (χ0v) is 11.0. The predicted molar refractivity (Wildman–Crippen MR) is 71.7 cm³/mol. The molecule has 0 bridgehead atoms. The lowest BCUT2D eigenvalue weighted by atomic mass is 9.81. The van der Waals surface area contributed by atoms with Gasteiger partial charge in [0, 0.05) is 11.6 Å². The van der Waals surface area contributed by atoms with Crippen molar-refractivity contribution in [1.82, 2.24) is 4.90 Å². The fourth-order valence-corrected chi connectivity index (χ4v) is 2.15. The van der Waals surface area contributed by atoms with Gasteiger partial charge < -0.3 is 9.64 Å². The van der Waals surface area contributed by atoms with Crippen molar-refractivity contribution < 1.29 is 4.74 Å². The highest BCUT2D eigenvalue weighted by molar-refractivity contribution is 5.85. The fourth-order valence-electron chi connectivity index (χ4n) is 2.15. The molecule has 0 aliphatic carbocycles. The number of fused-ring (bicyclic) bond motifs is 1. The first kappa shape index (κ1) is 12.1. The Morgan fingerprint density at radius 1 is 1.35 bits per heavy atom. The van der Waals surface area contributed by atoms with E-state index in [4.69, 9.17) is 4.74 Å². The van der Waals surface area contributed by atoms with E-state index < -0.39 is 0 Å². The lowest BCUT2D eigenvalue weighted by Crippen LogP contribution is -2.27. The van der Waals surface area contributed by atoms with Crippen LogP contribution in [0.2, 0.25) is 0 Å². The summed E-state index contributed by atoms with van der Waals surface area (Å²) in [5, 5.41) is 0. The molecule has 0 N–H and O–H groups in total. The van der Waals surface area contributed by atoms with Gasteiger partial charge in [-0.15, -0.1) is 0 Å². The van der Waals surface area contributed by atoms with Crippen molar-refractivity contribution in [2.24, 2.45) is 4.99 Å². The molecule has 0 amide bonds. The molecule has 17 heavy (non-hydrogen) atoms. The van der Waals surface area contributed by atoms with E-state index in [9.17, 15) is 0 Å². The molecule has 1 aromatic carbocycles. The maximum absolute atomic E-state index is 5.29. The zero-order chi connectivity index (χ0) is 12.5. The quantitative estimate of drug-likeness (QED) is 0.797. The maximum atomic E-state index is 5.29. The highest BCUT2D eigenvalue weighted by Crippen LogP contribution is 2.40. The molecule has 3 nitrogen and oxygen atoms in total. The maximum Gasteiger partial charge on any atom is 0.119 e. The molecule has 3 heteroatoms. The molecule has 0 spiro atoms. The van der Waals surface area contributed by atoms with Crippen LogP contribution in [-0.4, -0.2) is 38.9 Å². The van der Waals surface area contributed by atoms with Gasteiger partial charge in [-0.05, 0) is 50.8 Å². The van der Waals surface area contributed by atoms with Gasteiger partial charge in [0.05, 0.1) is 12.8 Å². The van der Waals surface area contributed by atoms with Crippen LogP contribution in [0.3, 0.4) is 0 Å². The van der Waals surface area contributed by atoms with E-state index in [1.165, 1.54) is 5.56 Å². The molecule has 1 heterocycles. The predicted octanol–water partition coefficient (Wildman–Crippen LogP) is 2.62. The van der Waals surface area contributed by atoms with Crippen LogP contribution in [0.5, 0.6) is 5.75 Å². The summed E-state index contributed by atoms with van der Waals surface area (Å²) in [5.74, 6) is 0.908. The van der Waals surface area contributed by atoms with Crippen molar-refractivity contribution in [2.45, 2.75) is 18.8 Å². The summed E-state index contributed by atoms with van der Waals surface area (Å²) < 4.78 is 5.29. The van der Waals surface area contributed by atoms with Crippen LogP contribution in [0.25, 0.3) is 0 Å². The van der Waals surface area contributed by atoms with E-state index in [-0.39, 0.29) is 5.41 Å². The van der Waals surface area contributed by atoms with Gasteiger partial charge in [0.1, 0.15) is 5.75 Å². The number of benzene rings is 1. The van der Waals surface area contributed by atoms with Gasteiger partial charge in [-0.2, -0.15) is 0 Å². The molecule has 1 aliphatic rings. The summed E-state index contributed by atoms with van der Waals surface area (Å²) in [4.78, 5) is 6.71. The SMILES string of the molecule is COc1ccc2c(c1)C(C)(CCN(C)C)C=N2. The summed E-state index contributed by atoms with van der Waals surface area (Å²) in [6, 6.07) is 6.11. The van der Waals surface area contributed by atoms with Gasteiger partial charge >= 0.3 is 0 Å². The molecule has 0 saturated carbocycles. The van der Waals surface area contributed by atoms with Crippen molar-refractivity contribution in [3.8, 4) is 5.75 Å². The number of methoxy groups -OCH3 is 1. The molecule has 1 aliphatic heterocycles. The van der Waals surface area contributed by atoms with Gasteiger partial charge in [-0.1, -0.05) is 6.92 Å². The highest BCUT2D eigenvalue weighted by atomic mass is 16.5. The van der Waals surface area contributed by atoms with Gasteiger partial charge in [-0.25, -0.2) is 0 Å². The second kappa shape index (κ2) is 4.49. The molecule has 0 radical (unpaired) electrons. The van der Waals surface area contributed by atoms with Crippen molar-refractivity contribution in [2.75, 3.05) is 27.7 Å². The molecule has 1 atom stereocenters. The summed E-state index contributed by atoms with van der Waals surface area (Å²) in [6.45, 7) is 3.30. The second-order valence-corrected chi connectivity index (χ2v) is 5.11. The molecular formula is C14H20N2O. The Kier molecular flexibility index (Phi) is 3.20. The van der Waals surface area contributed by atoms with Crippen LogP contribution < -0.4 is 4.74 Å². The second-order valence-electron chi connectivity index (χ2n) is 5.11. The number of nitrogens with zero attached hydrogens (tertiary/aromatic N) is 2. The van der Waals surface area contributed by atoms with E-state index in [0.29, 0.717) is 0 Å². The molecule has 1 aromatic rings. The minimum Gasteiger partial charge on any atom is -0.497 e. The van der Waals surface area contributed by atoms with Gasteiger partial charge in [0.2, 0.25) is 0 Å². The van der Waals surface area contributed by atoms with Crippen LogP contribution >= 0.6 is 0 Å². The smallest absolute Gasteiger partial charge is 0.119 e. The van der Waals surface area contributed by atoms with Crippen molar-refractivity contribution >= 4 is 11.9 Å². The third-order valence-corrected chi connectivity index (χ3v) is 3.39. The van der Waals surface area contributed by atoms with E-state index in [1.807, 2.05) is 12.1 Å². The van der Waals surface area contributed by atoms with Crippen LogP contribution in [0.1, 0.15) is 18.9 Å². The Hall–Kier alpha value is -1.35. The molecule has 2 rings (SSSR count). The summed E-state index contributed by atoms with van der Waals surface area (Å²) in [7, 11) is 5.90. The van der Waals surface area contributed by atoms with Gasteiger partial charge in [0.15, 0.2) is 0 Å². The van der Waals surface area contributed by atoms with Gasteiger partial charge in [-0.3, -0.25) is 4.99 Å².